The molecule has 4 nitrogen and oxygen atoms in total. The summed E-state index contributed by atoms with van der Waals surface area (Å²) in [6, 6.07) is 7.17. The van der Waals surface area contributed by atoms with Gasteiger partial charge in [-0.1, -0.05) is 18.9 Å². The molecule has 25 heavy (non-hydrogen) atoms. The minimum absolute atomic E-state index is 0.0364. The number of hydrogen-bond donors (Lipinski definition) is 1. The minimum Gasteiger partial charge on any atom is -0.457 e. The van der Waals surface area contributed by atoms with Crippen LogP contribution in [-0.2, 0) is 21.4 Å². The molecule has 0 unspecified atom stereocenters. The van der Waals surface area contributed by atoms with E-state index >= 15 is 0 Å². The van der Waals surface area contributed by atoms with Gasteiger partial charge < -0.3 is 14.8 Å². The second kappa shape index (κ2) is 6.01. The molecule has 0 aromatic heterocycles. The lowest BCUT2D eigenvalue weighted by molar-refractivity contribution is -0.151. The fourth-order valence-corrected chi connectivity index (χ4v) is 5.59. The molecule has 4 aliphatic rings. The molecule has 2 saturated carbocycles. The number of benzene rings is 1. The summed E-state index contributed by atoms with van der Waals surface area (Å²) in [6.07, 6.45) is 9.68. The van der Waals surface area contributed by atoms with Crippen molar-refractivity contribution in [2.45, 2.75) is 62.8 Å². The van der Waals surface area contributed by atoms with Gasteiger partial charge in [-0.15, -0.1) is 0 Å². The van der Waals surface area contributed by atoms with E-state index < -0.39 is 0 Å². The fraction of sp³-hybridized carbons (Fsp3) is 0.667. The monoisotopic (exact) mass is 341 g/mol. The van der Waals surface area contributed by atoms with Crippen molar-refractivity contribution in [2.24, 2.45) is 11.8 Å². The van der Waals surface area contributed by atoms with Crippen molar-refractivity contribution < 1.29 is 14.3 Å². The van der Waals surface area contributed by atoms with E-state index in [0.717, 1.165) is 37.5 Å². The summed E-state index contributed by atoms with van der Waals surface area (Å²) >= 11 is 0. The third-order valence-corrected chi connectivity index (χ3v) is 6.96. The van der Waals surface area contributed by atoms with Gasteiger partial charge in [-0.2, -0.15) is 0 Å². The van der Waals surface area contributed by atoms with Crippen molar-refractivity contribution in [1.29, 1.82) is 0 Å². The lowest BCUT2D eigenvalue weighted by atomic mass is 9.53. The van der Waals surface area contributed by atoms with Crippen molar-refractivity contribution in [2.75, 3.05) is 13.3 Å². The number of rotatable bonds is 4. The second-order valence-corrected chi connectivity index (χ2v) is 8.34. The molecule has 1 aromatic carbocycles. The molecular weight excluding hydrogens is 314 g/mol. The molecule has 0 radical (unpaired) electrons. The Hall–Kier alpha value is -1.55. The van der Waals surface area contributed by atoms with Crippen molar-refractivity contribution in [3.05, 3.63) is 29.3 Å². The quantitative estimate of drug-likeness (QED) is 0.674. The van der Waals surface area contributed by atoms with Gasteiger partial charge in [0.05, 0.1) is 5.92 Å². The molecule has 1 aliphatic heterocycles. The standard InChI is InChI=1S/C21H27NO3/c23-20(14-4-5-14)25-13-24-16-7-6-15-11-19-17-3-1-2-8-21(17,9-10-22-19)18(15)12-16/h6-7,12,14,17,19,22H,1-5,8-11,13H2/t17-,19-,21+/m1/s1. The Morgan fingerprint density at radius 2 is 2.12 bits per heavy atom. The molecule has 5 rings (SSSR count). The summed E-state index contributed by atoms with van der Waals surface area (Å²) in [7, 11) is 0. The van der Waals surface area contributed by atoms with Gasteiger partial charge in [0, 0.05) is 11.5 Å². The van der Waals surface area contributed by atoms with Crippen LogP contribution in [0.5, 0.6) is 5.75 Å². The van der Waals surface area contributed by atoms with Gasteiger partial charge in [-0.3, -0.25) is 4.79 Å². The zero-order valence-electron chi connectivity index (χ0n) is 14.8. The number of nitrogens with one attached hydrogen (secondary N) is 1. The van der Waals surface area contributed by atoms with Crippen LogP contribution in [0.1, 0.15) is 56.1 Å². The zero-order chi connectivity index (χ0) is 16.9. The van der Waals surface area contributed by atoms with Crippen LogP contribution >= 0.6 is 0 Å². The van der Waals surface area contributed by atoms with Gasteiger partial charge >= 0.3 is 5.97 Å². The third kappa shape index (κ3) is 2.66. The van der Waals surface area contributed by atoms with Gasteiger partial charge in [-0.05, 0) is 74.2 Å². The Morgan fingerprint density at radius 3 is 3.00 bits per heavy atom. The maximum atomic E-state index is 11.6. The molecule has 1 N–H and O–H groups in total. The smallest absolute Gasteiger partial charge is 0.311 e. The normalized spacial score (nSPS) is 33.1. The summed E-state index contributed by atoms with van der Waals surface area (Å²) in [4.78, 5) is 11.6. The fourth-order valence-electron chi connectivity index (χ4n) is 5.59. The van der Waals surface area contributed by atoms with Gasteiger partial charge in [0.2, 0.25) is 6.79 Å². The predicted octanol–water partition coefficient (Wildman–Crippen LogP) is 3.32. The first-order valence-corrected chi connectivity index (χ1v) is 9.92. The van der Waals surface area contributed by atoms with Crippen LogP contribution in [0.15, 0.2) is 18.2 Å². The van der Waals surface area contributed by atoms with Gasteiger partial charge in [0.15, 0.2) is 0 Å². The van der Waals surface area contributed by atoms with E-state index in [9.17, 15) is 4.79 Å². The van der Waals surface area contributed by atoms with Crippen LogP contribution in [0.2, 0.25) is 0 Å². The van der Waals surface area contributed by atoms with Crippen LogP contribution in [0, 0.1) is 11.8 Å². The average Bonchev–Trinajstić information content (AvgIpc) is 3.47. The van der Waals surface area contributed by atoms with Crippen molar-refractivity contribution in [3.8, 4) is 5.75 Å². The van der Waals surface area contributed by atoms with Crippen LogP contribution in [-0.4, -0.2) is 25.3 Å². The molecule has 1 heterocycles. The zero-order valence-corrected chi connectivity index (χ0v) is 14.8. The first-order chi connectivity index (χ1) is 12.3. The van der Waals surface area contributed by atoms with E-state index in [-0.39, 0.29) is 18.7 Å². The molecule has 0 spiro atoms. The first kappa shape index (κ1) is 15.7. The maximum Gasteiger partial charge on any atom is 0.311 e. The Kier molecular flexibility index (Phi) is 3.77. The van der Waals surface area contributed by atoms with Crippen molar-refractivity contribution in [1.82, 2.24) is 5.32 Å². The highest BCUT2D eigenvalue weighted by molar-refractivity contribution is 5.74. The van der Waals surface area contributed by atoms with Gasteiger partial charge in [0.1, 0.15) is 5.75 Å². The third-order valence-electron chi connectivity index (χ3n) is 6.96. The summed E-state index contributed by atoms with van der Waals surface area (Å²) in [5, 5.41) is 3.77. The molecular formula is C21H27NO3. The number of hydrogen-bond acceptors (Lipinski definition) is 4. The average molecular weight is 341 g/mol. The van der Waals surface area contributed by atoms with Crippen LogP contribution in [0.25, 0.3) is 0 Å². The predicted molar refractivity (Wildman–Crippen MR) is 94.5 cm³/mol. The number of carbonyl (C=O) groups is 1. The molecule has 1 saturated heterocycles. The van der Waals surface area contributed by atoms with E-state index in [4.69, 9.17) is 9.47 Å². The lowest BCUT2D eigenvalue weighted by Gasteiger charge is -2.56. The molecule has 3 fully saturated rings. The Morgan fingerprint density at radius 1 is 1.20 bits per heavy atom. The number of piperidine rings is 1. The van der Waals surface area contributed by atoms with E-state index in [0.29, 0.717) is 11.5 Å². The first-order valence-electron chi connectivity index (χ1n) is 9.92. The highest BCUT2D eigenvalue weighted by Gasteiger charge is 2.51. The van der Waals surface area contributed by atoms with E-state index in [1.54, 1.807) is 0 Å². The number of esters is 1. The molecule has 2 bridgehead atoms. The van der Waals surface area contributed by atoms with Crippen LogP contribution in [0.4, 0.5) is 0 Å². The number of carbonyl (C=O) groups excluding carboxylic acids is 1. The summed E-state index contributed by atoms with van der Waals surface area (Å²) in [6.45, 7) is 1.17. The Balaban J connectivity index is 1.38. The molecule has 0 amide bonds. The van der Waals surface area contributed by atoms with Gasteiger partial charge in [0.25, 0.3) is 0 Å². The van der Waals surface area contributed by atoms with E-state index in [1.165, 1.54) is 43.2 Å². The van der Waals surface area contributed by atoms with Crippen molar-refractivity contribution in [3.63, 3.8) is 0 Å². The van der Waals surface area contributed by atoms with E-state index in [2.05, 4.69) is 17.4 Å². The maximum absolute atomic E-state index is 11.6. The molecule has 3 aliphatic carbocycles. The second-order valence-electron chi connectivity index (χ2n) is 8.34. The summed E-state index contributed by atoms with van der Waals surface area (Å²) in [5.74, 6) is 1.63. The largest absolute Gasteiger partial charge is 0.457 e. The van der Waals surface area contributed by atoms with Crippen molar-refractivity contribution >= 4 is 5.97 Å². The minimum atomic E-state index is -0.106. The molecule has 4 heteroatoms. The SMILES string of the molecule is O=C(OCOc1ccc2c(c1)[C@]13CCCC[C@@H]1[C@@H](C2)NCC3)C1CC1. The lowest BCUT2D eigenvalue weighted by Crippen LogP contribution is -2.59. The Bertz CT molecular complexity index is 680. The molecule has 3 atom stereocenters. The highest BCUT2D eigenvalue weighted by atomic mass is 16.7. The topological polar surface area (TPSA) is 47.6 Å². The Labute approximate surface area is 149 Å². The molecule has 134 valence electrons. The van der Waals surface area contributed by atoms with Crippen LogP contribution in [0.3, 0.4) is 0 Å². The molecule has 1 aromatic rings. The van der Waals surface area contributed by atoms with Gasteiger partial charge in [-0.25, -0.2) is 0 Å². The highest BCUT2D eigenvalue weighted by Crippen LogP contribution is 2.54. The number of ether oxygens (including phenoxy) is 2. The van der Waals surface area contributed by atoms with E-state index in [1.807, 2.05) is 6.07 Å². The van der Waals surface area contributed by atoms with Crippen LogP contribution < -0.4 is 10.1 Å². The number of fused-ring (bicyclic) bond motifs is 1. The summed E-state index contributed by atoms with van der Waals surface area (Å²) in [5.41, 5.74) is 3.34. The summed E-state index contributed by atoms with van der Waals surface area (Å²) < 4.78 is 11.0.